The van der Waals surface area contributed by atoms with Gasteiger partial charge < -0.3 is 24.6 Å². The molecule has 4 aromatic rings. The second-order valence-corrected chi connectivity index (χ2v) is 13.3. The first-order chi connectivity index (χ1) is 22.6. The van der Waals surface area contributed by atoms with Crippen LogP contribution in [0, 0.1) is 5.82 Å². The summed E-state index contributed by atoms with van der Waals surface area (Å²) in [6.45, 7) is 8.66. The summed E-state index contributed by atoms with van der Waals surface area (Å²) in [5.41, 5.74) is 1.45. The summed E-state index contributed by atoms with van der Waals surface area (Å²) in [7, 11) is 0. The summed E-state index contributed by atoms with van der Waals surface area (Å²) >= 11 is 0. The zero-order valence-corrected chi connectivity index (χ0v) is 27.3. The summed E-state index contributed by atoms with van der Waals surface area (Å²) in [6, 6.07) is 18.0. The molecule has 1 aromatic heterocycles. The SMILES string of the molecule is CC(C)(C)OC(=O)NC1CCN(c2nccc(Oc3ccc(CC(=O)c4cc(F)cc(N5CCCCC5)c4)c4ccccc34)n2)CC1. The van der Waals surface area contributed by atoms with Crippen molar-refractivity contribution in [2.75, 3.05) is 36.0 Å². The van der Waals surface area contributed by atoms with Crippen molar-refractivity contribution in [1.82, 2.24) is 15.3 Å². The summed E-state index contributed by atoms with van der Waals surface area (Å²) < 4.78 is 26.3. The van der Waals surface area contributed by atoms with Crippen molar-refractivity contribution in [2.24, 2.45) is 0 Å². The van der Waals surface area contributed by atoms with Gasteiger partial charge in [-0.15, -0.1) is 0 Å². The van der Waals surface area contributed by atoms with E-state index in [0.29, 0.717) is 36.2 Å². The summed E-state index contributed by atoms with van der Waals surface area (Å²) in [6.07, 6.45) is 6.23. The number of hydrogen-bond acceptors (Lipinski definition) is 8. The Kier molecular flexibility index (Phi) is 9.56. The van der Waals surface area contributed by atoms with Crippen LogP contribution >= 0.6 is 0 Å². The Bertz CT molecular complexity index is 1740. The first kappa shape index (κ1) is 32.2. The molecule has 2 aliphatic rings. The molecule has 246 valence electrons. The molecule has 0 saturated carbocycles. The minimum absolute atomic E-state index is 0.0231. The van der Waals surface area contributed by atoms with E-state index >= 15 is 0 Å². The van der Waals surface area contributed by atoms with Crippen molar-refractivity contribution in [1.29, 1.82) is 0 Å². The predicted octanol–water partition coefficient (Wildman–Crippen LogP) is 7.47. The Hall–Kier alpha value is -4.73. The molecule has 6 rings (SSSR count). The number of fused-ring (bicyclic) bond motifs is 1. The average molecular weight is 640 g/mol. The summed E-state index contributed by atoms with van der Waals surface area (Å²) in [4.78, 5) is 39.1. The normalized spacial score (nSPS) is 15.8. The van der Waals surface area contributed by atoms with E-state index in [9.17, 15) is 14.0 Å². The Morgan fingerprint density at radius 3 is 2.40 bits per heavy atom. The number of benzene rings is 3. The number of rotatable bonds is 8. The molecule has 0 unspecified atom stereocenters. The molecule has 3 heterocycles. The quantitative estimate of drug-likeness (QED) is 0.198. The average Bonchev–Trinajstić information content (AvgIpc) is 3.05. The van der Waals surface area contributed by atoms with Gasteiger partial charge in [0.2, 0.25) is 11.8 Å². The van der Waals surface area contributed by atoms with Crippen LogP contribution in [-0.2, 0) is 11.2 Å². The van der Waals surface area contributed by atoms with Crippen LogP contribution in [0.15, 0.2) is 66.9 Å². The molecule has 2 saturated heterocycles. The Balaban J connectivity index is 1.14. The smallest absolute Gasteiger partial charge is 0.407 e. The molecule has 0 atom stereocenters. The van der Waals surface area contributed by atoms with Gasteiger partial charge in [0.1, 0.15) is 17.2 Å². The fourth-order valence-electron chi connectivity index (χ4n) is 6.27. The fourth-order valence-corrected chi connectivity index (χ4v) is 6.27. The van der Waals surface area contributed by atoms with Gasteiger partial charge in [0.05, 0.1) is 0 Å². The third kappa shape index (κ3) is 8.17. The van der Waals surface area contributed by atoms with Gasteiger partial charge in [0.25, 0.3) is 0 Å². The molecule has 1 amide bonds. The number of anilines is 2. The third-order valence-corrected chi connectivity index (χ3v) is 8.58. The van der Waals surface area contributed by atoms with Gasteiger partial charge in [-0.25, -0.2) is 14.2 Å². The van der Waals surface area contributed by atoms with Gasteiger partial charge in [-0.05, 0) is 88.1 Å². The number of hydrogen-bond donors (Lipinski definition) is 1. The number of carbonyl (C=O) groups is 2. The molecular formula is C37H42FN5O4. The molecule has 10 heteroatoms. The van der Waals surface area contributed by atoms with E-state index in [-0.39, 0.29) is 18.2 Å². The van der Waals surface area contributed by atoms with Crippen LogP contribution in [0.1, 0.15) is 68.8 Å². The van der Waals surface area contributed by atoms with Gasteiger partial charge in [-0.3, -0.25) is 4.79 Å². The first-order valence-corrected chi connectivity index (χ1v) is 16.5. The lowest BCUT2D eigenvalue weighted by atomic mass is 9.96. The highest BCUT2D eigenvalue weighted by molar-refractivity contribution is 6.01. The van der Waals surface area contributed by atoms with E-state index in [4.69, 9.17) is 9.47 Å². The zero-order valence-electron chi connectivity index (χ0n) is 27.3. The van der Waals surface area contributed by atoms with E-state index in [1.165, 1.54) is 18.6 Å². The molecule has 0 aliphatic carbocycles. The minimum atomic E-state index is -0.540. The van der Waals surface area contributed by atoms with Crippen molar-refractivity contribution in [3.05, 3.63) is 83.8 Å². The monoisotopic (exact) mass is 639 g/mol. The number of carbonyl (C=O) groups excluding carboxylic acids is 2. The lowest BCUT2D eigenvalue weighted by molar-refractivity contribution is 0.0497. The van der Waals surface area contributed by atoms with Crippen molar-refractivity contribution in [3.63, 3.8) is 0 Å². The number of ether oxygens (including phenoxy) is 2. The standard InChI is InChI=1S/C37H42FN5O4/c1-37(2,3)47-36(45)40-28-14-19-43(20-15-28)35-39-16-13-34(41-35)46-33-12-11-25(30-9-5-6-10-31(30)33)23-32(44)26-21-27(38)24-29(22-26)42-17-7-4-8-18-42/h5-6,9-13,16,21-22,24,28H,4,7-8,14-15,17-20,23H2,1-3H3,(H,40,45). The number of aromatic nitrogens is 2. The van der Waals surface area contributed by atoms with Gasteiger partial charge in [0, 0.05) is 67.5 Å². The molecule has 9 nitrogen and oxygen atoms in total. The van der Waals surface area contributed by atoms with E-state index in [1.54, 1.807) is 12.3 Å². The fraction of sp³-hybridized carbons (Fsp3) is 0.405. The maximum absolute atomic E-state index is 14.6. The van der Waals surface area contributed by atoms with Crippen molar-refractivity contribution in [2.45, 2.75) is 70.9 Å². The molecular weight excluding hydrogens is 597 g/mol. The van der Waals surface area contributed by atoms with Gasteiger partial charge in [-0.1, -0.05) is 30.3 Å². The van der Waals surface area contributed by atoms with E-state index < -0.39 is 17.5 Å². The number of halogens is 1. The predicted molar refractivity (Wildman–Crippen MR) is 181 cm³/mol. The second kappa shape index (κ2) is 13.9. The van der Waals surface area contributed by atoms with Crippen LogP contribution in [0.3, 0.4) is 0 Å². The van der Waals surface area contributed by atoms with Crippen LogP contribution in [0.4, 0.5) is 20.8 Å². The van der Waals surface area contributed by atoms with Crippen LogP contribution < -0.4 is 19.9 Å². The number of nitrogens with zero attached hydrogens (tertiary/aromatic N) is 4. The van der Waals surface area contributed by atoms with Gasteiger partial charge in [0.15, 0.2) is 5.78 Å². The zero-order chi connectivity index (χ0) is 33.0. The van der Waals surface area contributed by atoms with Crippen molar-refractivity contribution in [3.8, 4) is 11.6 Å². The van der Waals surface area contributed by atoms with Crippen LogP contribution in [0.2, 0.25) is 0 Å². The molecule has 0 spiro atoms. The lowest BCUT2D eigenvalue weighted by Crippen LogP contribution is -2.46. The molecule has 2 aliphatic heterocycles. The van der Waals surface area contributed by atoms with E-state index in [0.717, 1.165) is 60.8 Å². The second-order valence-electron chi connectivity index (χ2n) is 13.3. The topological polar surface area (TPSA) is 96.9 Å². The lowest BCUT2D eigenvalue weighted by Gasteiger charge is -2.32. The molecule has 47 heavy (non-hydrogen) atoms. The molecule has 3 aromatic carbocycles. The maximum atomic E-state index is 14.6. The molecule has 0 bridgehead atoms. The minimum Gasteiger partial charge on any atom is -0.444 e. The summed E-state index contributed by atoms with van der Waals surface area (Å²) in [5.74, 6) is 1.05. The van der Waals surface area contributed by atoms with Gasteiger partial charge in [-0.2, -0.15) is 4.98 Å². The third-order valence-electron chi connectivity index (χ3n) is 8.58. The highest BCUT2D eigenvalue weighted by Gasteiger charge is 2.25. The van der Waals surface area contributed by atoms with Crippen LogP contribution in [0.5, 0.6) is 11.6 Å². The molecule has 1 N–H and O–H groups in total. The molecule has 0 radical (unpaired) electrons. The van der Waals surface area contributed by atoms with E-state index in [2.05, 4.69) is 25.1 Å². The van der Waals surface area contributed by atoms with Crippen LogP contribution in [0.25, 0.3) is 10.8 Å². The Morgan fingerprint density at radius 1 is 0.915 bits per heavy atom. The summed E-state index contributed by atoms with van der Waals surface area (Å²) in [5, 5.41) is 4.70. The van der Waals surface area contributed by atoms with Crippen molar-refractivity contribution >= 4 is 34.3 Å². The Morgan fingerprint density at radius 2 is 1.66 bits per heavy atom. The van der Waals surface area contributed by atoms with Crippen molar-refractivity contribution < 1.29 is 23.5 Å². The largest absolute Gasteiger partial charge is 0.444 e. The highest BCUT2D eigenvalue weighted by atomic mass is 19.1. The number of ketones is 1. The number of nitrogens with one attached hydrogen (secondary N) is 1. The highest BCUT2D eigenvalue weighted by Crippen LogP contribution is 2.33. The molecule has 2 fully saturated rings. The van der Waals surface area contributed by atoms with E-state index in [1.807, 2.05) is 63.2 Å². The number of amides is 1. The first-order valence-electron chi connectivity index (χ1n) is 16.5. The number of Topliss-reactive ketones (excluding diaryl/α,β-unsaturated/α-hetero) is 1. The Labute approximate surface area is 275 Å². The van der Waals surface area contributed by atoms with Crippen LogP contribution in [-0.4, -0.2) is 59.7 Å². The maximum Gasteiger partial charge on any atom is 0.407 e. The van der Waals surface area contributed by atoms with Gasteiger partial charge >= 0.3 is 6.09 Å². The number of piperidine rings is 2. The number of alkyl carbamates (subject to hydrolysis) is 1.